The first-order valence-electron chi connectivity index (χ1n) is 8.93. The minimum absolute atomic E-state index is 0.000377. The third-order valence-corrected chi connectivity index (χ3v) is 7.14. The molecule has 1 aliphatic heterocycles. The smallest absolute Gasteiger partial charge is 0.251 e. The number of fused-ring (bicyclic) bond motifs is 3. The second-order valence-corrected chi connectivity index (χ2v) is 8.94. The van der Waals surface area contributed by atoms with Gasteiger partial charge in [0.2, 0.25) is 5.91 Å². The number of nitrogens with one attached hydrogen (secondary N) is 2. The predicted octanol–water partition coefficient (Wildman–Crippen LogP) is 3.67. The van der Waals surface area contributed by atoms with Crippen LogP contribution in [-0.4, -0.2) is 23.1 Å². The van der Waals surface area contributed by atoms with Crippen LogP contribution in [0.15, 0.2) is 23.1 Å². The third-order valence-electron chi connectivity index (χ3n) is 5.97. The summed E-state index contributed by atoms with van der Waals surface area (Å²) in [6.07, 6.45) is 5.32. The normalized spacial score (nSPS) is 32.2. The van der Waals surface area contributed by atoms with Gasteiger partial charge in [-0.1, -0.05) is 6.42 Å². The Hall–Kier alpha value is -1.49. The first kappa shape index (κ1) is 16.0. The van der Waals surface area contributed by atoms with Crippen LogP contribution in [0.2, 0.25) is 0 Å². The van der Waals surface area contributed by atoms with Crippen molar-refractivity contribution in [2.45, 2.75) is 55.7 Å². The number of thioether (sulfide) groups is 1. The summed E-state index contributed by atoms with van der Waals surface area (Å²) in [6.45, 7) is 4.03. The lowest BCUT2D eigenvalue weighted by atomic mass is 9.84. The molecule has 1 aromatic rings. The van der Waals surface area contributed by atoms with E-state index in [1.165, 1.54) is 37.4 Å². The minimum atomic E-state index is -0.0880. The number of anilines is 1. The maximum absolute atomic E-state index is 12.6. The Bertz CT molecular complexity index is 690. The largest absolute Gasteiger partial charge is 0.349 e. The molecule has 3 aliphatic rings. The van der Waals surface area contributed by atoms with Gasteiger partial charge in [0.1, 0.15) is 0 Å². The lowest BCUT2D eigenvalue weighted by Crippen LogP contribution is -2.40. The van der Waals surface area contributed by atoms with E-state index >= 15 is 0 Å². The zero-order chi connectivity index (χ0) is 16.8. The number of hydrogen-bond donors (Lipinski definition) is 2. The molecule has 0 aromatic heterocycles. The van der Waals surface area contributed by atoms with E-state index in [9.17, 15) is 9.59 Å². The molecule has 0 spiro atoms. The maximum Gasteiger partial charge on any atom is 0.251 e. The van der Waals surface area contributed by atoms with Gasteiger partial charge in [-0.2, -0.15) is 0 Å². The molecule has 5 heteroatoms. The van der Waals surface area contributed by atoms with Crippen molar-refractivity contribution in [1.29, 1.82) is 0 Å². The van der Waals surface area contributed by atoms with E-state index in [0.29, 0.717) is 11.5 Å². The van der Waals surface area contributed by atoms with Gasteiger partial charge in [-0.25, -0.2) is 0 Å². The van der Waals surface area contributed by atoms with Gasteiger partial charge in [0.15, 0.2) is 0 Å². The first-order chi connectivity index (χ1) is 11.5. The molecule has 2 fully saturated rings. The summed E-state index contributed by atoms with van der Waals surface area (Å²) in [5, 5.41) is 6.00. The van der Waals surface area contributed by atoms with Crippen molar-refractivity contribution >= 4 is 29.3 Å². The molecule has 2 bridgehead atoms. The number of benzene rings is 1. The molecule has 5 atom stereocenters. The third kappa shape index (κ3) is 2.83. The highest BCUT2D eigenvalue weighted by atomic mass is 32.2. The van der Waals surface area contributed by atoms with Crippen molar-refractivity contribution in [3.05, 3.63) is 23.8 Å². The van der Waals surface area contributed by atoms with Crippen LogP contribution >= 0.6 is 11.8 Å². The molecule has 0 radical (unpaired) electrons. The average Bonchev–Trinajstić information content (AvgIpc) is 3.18. The van der Waals surface area contributed by atoms with E-state index in [2.05, 4.69) is 17.6 Å². The predicted molar refractivity (Wildman–Crippen MR) is 96.3 cm³/mol. The van der Waals surface area contributed by atoms with Gasteiger partial charge in [0, 0.05) is 16.5 Å². The summed E-state index contributed by atoms with van der Waals surface area (Å²) in [6, 6.07) is 5.81. The highest BCUT2D eigenvalue weighted by Crippen LogP contribution is 2.49. The van der Waals surface area contributed by atoms with E-state index in [-0.39, 0.29) is 23.1 Å². The van der Waals surface area contributed by atoms with E-state index in [1.54, 1.807) is 6.07 Å². The monoisotopic (exact) mass is 344 g/mol. The summed E-state index contributed by atoms with van der Waals surface area (Å²) < 4.78 is 0. The van der Waals surface area contributed by atoms with Crippen molar-refractivity contribution in [2.75, 3.05) is 5.32 Å². The van der Waals surface area contributed by atoms with Crippen LogP contribution < -0.4 is 10.6 Å². The van der Waals surface area contributed by atoms with Gasteiger partial charge in [0.25, 0.3) is 5.91 Å². The Morgan fingerprint density at radius 1 is 1.33 bits per heavy atom. The van der Waals surface area contributed by atoms with Crippen molar-refractivity contribution in [3.8, 4) is 0 Å². The van der Waals surface area contributed by atoms with Gasteiger partial charge in [0.05, 0.1) is 10.9 Å². The molecule has 1 aromatic carbocycles. The number of amides is 2. The molecule has 2 N–H and O–H groups in total. The molecule has 24 heavy (non-hydrogen) atoms. The fraction of sp³-hybridized carbons (Fsp3) is 0.579. The molecule has 4 nitrogen and oxygen atoms in total. The summed E-state index contributed by atoms with van der Waals surface area (Å²) >= 11 is 1.54. The van der Waals surface area contributed by atoms with Crippen LogP contribution in [0, 0.1) is 17.8 Å². The molecule has 2 aliphatic carbocycles. The molecule has 2 amide bonds. The van der Waals surface area contributed by atoms with Gasteiger partial charge >= 0.3 is 0 Å². The van der Waals surface area contributed by atoms with Crippen molar-refractivity contribution in [1.82, 2.24) is 5.32 Å². The van der Waals surface area contributed by atoms with Crippen LogP contribution in [0.3, 0.4) is 0 Å². The lowest BCUT2D eigenvalue weighted by Gasteiger charge is -2.28. The maximum atomic E-state index is 12.6. The molecule has 0 unspecified atom stereocenters. The molecular weight excluding hydrogens is 320 g/mol. The lowest BCUT2D eigenvalue weighted by molar-refractivity contribution is -0.115. The topological polar surface area (TPSA) is 58.2 Å². The van der Waals surface area contributed by atoms with E-state index < -0.39 is 0 Å². The van der Waals surface area contributed by atoms with Crippen molar-refractivity contribution in [3.63, 3.8) is 0 Å². The van der Waals surface area contributed by atoms with Crippen LogP contribution in [0.4, 0.5) is 5.69 Å². The first-order valence-corrected chi connectivity index (χ1v) is 9.81. The fourth-order valence-electron chi connectivity index (χ4n) is 4.65. The Labute approximate surface area is 147 Å². The zero-order valence-electron chi connectivity index (χ0n) is 14.2. The second kappa shape index (κ2) is 6.10. The molecule has 128 valence electrons. The minimum Gasteiger partial charge on any atom is -0.349 e. The number of carbonyl (C=O) groups excluding carboxylic acids is 2. The molecule has 4 rings (SSSR count). The van der Waals surface area contributed by atoms with Crippen molar-refractivity contribution in [2.24, 2.45) is 17.8 Å². The molecular formula is C19H24N2O2S. The van der Waals surface area contributed by atoms with Crippen LogP contribution in [-0.2, 0) is 4.79 Å². The molecule has 2 saturated carbocycles. The molecule has 0 saturated heterocycles. The van der Waals surface area contributed by atoms with Gasteiger partial charge in [-0.05, 0) is 69.1 Å². The quantitative estimate of drug-likeness (QED) is 0.879. The Morgan fingerprint density at radius 2 is 2.17 bits per heavy atom. The average molecular weight is 344 g/mol. The Morgan fingerprint density at radius 3 is 2.88 bits per heavy atom. The Balaban J connectivity index is 1.45. The standard InChI is InChI=1S/C19H24N2O2S/c1-10(15-8-12-3-4-13(15)7-12)20-19(23)14-5-6-17-16(9-14)21-18(22)11(2)24-17/h5-6,9-13,15H,3-4,7-8H2,1-2H3,(H,20,23)(H,21,22)/t10-,11+,12+,13+,15-/m1/s1. The van der Waals surface area contributed by atoms with Crippen molar-refractivity contribution < 1.29 is 9.59 Å². The van der Waals surface area contributed by atoms with E-state index in [4.69, 9.17) is 0 Å². The van der Waals surface area contributed by atoms with Crippen LogP contribution in [0.1, 0.15) is 49.9 Å². The number of carbonyl (C=O) groups is 2. The zero-order valence-corrected chi connectivity index (χ0v) is 15.0. The molecule has 1 heterocycles. The second-order valence-electron chi connectivity index (χ2n) is 7.56. The van der Waals surface area contributed by atoms with Gasteiger partial charge in [-0.15, -0.1) is 11.8 Å². The van der Waals surface area contributed by atoms with Gasteiger partial charge in [-0.3, -0.25) is 9.59 Å². The van der Waals surface area contributed by atoms with E-state index in [0.717, 1.165) is 22.4 Å². The van der Waals surface area contributed by atoms with Crippen LogP contribution in [0.25, 0.3) is 0 Å². The highest BCUT2D eigenvalue weighted by molar-refractivity contribution is 8.00. The van der Waals surface area contributed by atoms with E-state index in [1.807, 2.05) is 19.1 Å². The SMILES string of the molecule is C[C@@H]1Sc2ccc(C(=O)N[C@H](C)[C@H]3C[C@H]4CC[C@H]3C4)cc2NC1=O. The summed E-state index contributed by atoms with van der Waals surface area (Å²) in [4.78, 5) is 25.5. The Kier molecular flexibility index (Phi) is 4.07. The summed E-state index contributed by atoms with van der Waals surface area (Å²) in [5.41, 5.74) is 1.38. The highest BCUT2D eigenvalue weighted by Gasteiger charge is 2.42. The van der Waals surface area contributed by atoms with Gasteiger partial charge < -0.3 is 10.6 Å². The summed E-state index contributed by atoms with van der Waals surface area (Å²) in [5.74, 6) is 2.27. The van der Waals surface area contributed by atoms with Crippen LogP contribution in [0.5, 0.6) is 0 Å². The fourth-order valence-corrected chi connectivity index (χ4v) is 5.58. The number of hydrogen-bond acceptors (Lipinski definition) is 3. The summed E-state index contributed by atoms with van der Waals surface area (Å²) in [7, 11) is 0. The number of rotatable bonds is 3.